The van der Waals surface area contributed by atoms with Gasteiger partial charge in [-0.15, -0.1) is 0 Å². The van der Waals surface area contributed by atoms with E-state index in [1.54, 1.807) is 6.20 Å². The molecule has 0 saturated carbocycles. The molecule has 3 nitrogen and oxygen atoms in total. The first-order valence-electron chi connectivity index (χ1n) is 6.26. The molecule has 0 aliphatic heterocycles. The lowest BCUT2D eigenvalue weighted by Gasteiger charge is -2.12. The molecule has 1 heterocycles. The van der Waals surface area contributed by atoms with Gasteiger partial charge in [0.05, 0.1) is 11.1 Å². The normalized spacial score (nSPS) is 10.5. The highest BCUT2D eigenvalue weighted by atomic mass is 32.1. The lowest BCUT2D eigenvalue weighted by Crippen LogP contribution is -2.11. The fourth-order valence-corrected chi connectivity index (χ4v) is 2.23. The van der Waals surface area contributed by atoms with E-state index in [-0.39, 0.29) is 4.99 Å². The molecule has 0 spiro atoms. The summed E-state index contributed by atoms with van der Waals surface area (Å²) in [7, 11) is 0. The summed E-state index contributed by atoms with van der Waals surface area (Å²) in [5, 5.41) is 0.859. The number of nitrogens with zero attached hydrogens (tertiary/aromatic N) is 1. The van der Waals surface area contributed by atoms with Crippen molar-refractivity contribution in [3.63, 3.8) is 0 Å². The minimum Gasteiger partial charge on any atom is -0.456 e. The van der Waals surface area contributed by atoms with Crippen molar-refractivity contribution in [2.45, 2.75) is 0 Å². The average Bonchev–Trinajstić information content (AvgIpc) is 2.49. The zero-order valence-corrected chi connectivity index (χ0v) is 11.7. The van der Waals surface area contributed by atoms with Crippen molar-refractivity contribution in [1.29, 1.82) is 0 Å². The largest absolute Gasteiger partial charge is 0.456 e. The van der Waals surface area contributed by atoms with Crippen LogP contribution in [0.4, 0.5) is 4.39 Å². The van der Waals surface area contributed by atoms with E-state index in [2.05, 4.69) is 4.98 Å². The molecular weight excluding hydrogens is 287 g/mol. The van der Waals surface area contributed by atoms with Gasteiger partial charge in [0, 0.05) is 11.6 Å². The third-order valence-corrected chi connectivity index (χ3v) is 3.25. The summed E-state index contributed by atoms with van der Waals surface area (Å²) in [4.78, 5) is 4.35. The van der Waals surface area contributed by atoms with Crippen LogP contribution in [0.25, 0.3) is 10.9 Å². The Kier molecular flexibility index (Phi) is 3.50. The van der Waals surface area contributed by atoms with Gasteiger partial charge in [0.15, 0.2) is 0 Å². The fourth-order valence-electron chi connectivity index (χ4n) is 2.07. The van der Waals surface area contributed by atoms with Gasteiger partial charge in [-0.1, -0.05) is 18.3 Å². The Balaban J connectivity index is 2.09. The summed E-state index contributed by atoms with van der Waals surface area (Å²) < 4.78 is 19.2. The number of aromatic nitrogens is 1. The lowest BCUT2D eigenvalue weighted by atomic mass is 10.1. The van der Waals surface area contributed by atoms with Gasteiger partial charge >= 0.3 is 0 Å². The SMILES string of the molecule is NC(=S)c1cc(F)ccc1Oc1cccc2ncccc12. The number of ether oxygens (including phenoxy) is 1. The smallest absolute Gasteiger partial charge is 0.137 e. The van der Waals surface area contributed by atoms with Gasteiger partial charge in [0.2, 0.25) is 0 Å². The second-order valence-corrected chi connectivity index (χ2v) is 4.87. The first-order chi connectivity index (χ1) is 10.1. The minimum absolute atomic E-state index is 0.0860. The molecule has 1 aromatic heterocycles. The van der Waals surface area contributed by atoms with Gasteiger partial charge < -0.3 is 10.5 Å². The van der Waals surface area contributed by atoms with Crippen molar-refractivity contribution in [2.24, 2.45) is 5.73 Å². The maximum atomic E-state index is 13.3. The first-order valence-corrected chi connectivity index (χ1v) is 6.67. The van der Waals surface area contributed by atoms with Gasteiger partial charge in [0.25, 0.3) is 0 Å². The number of thiocarbonyl (C=S) groups is 1. The number of fused-ring (bicyclic) bond motifs is 1. The number of rotatable bonds is 3. The Morgan fingerprint density at radius 1 is 1.10 bits per heavy atom. The van der Waals surface area contributed by atoms with Gasteiger partial charge in [0.1, 0.15) is 22.3 Å². The van der Waals surface area contributed by atoms with E-state index < -0.39 is 5.82 Å². The third-order valence-electron chi connectivity index (χ3n) is 3.03. The average molecular weight is 298 g/mol. The van der Waals surface area contributed by atoms with E-state index in [9.17, 15) is 4.39 Å². The molecule has 0 radical (unpaired) electrons. The summed E-state index contributed by atoms with van der Waals surface area (Å²) in [6.45, 7) is 0. The Labute approximate surface area is 126 Å². The van der Waals surface area contributed by atoms with E-state index in [0.717, 1.165) is 10.9 Å². The number of pyridine rings is 1. The molecule has 0 atom stereocenters. The van der Waals surface area contributed by atoms with Crippen LogP contribution < -0.4 is 10.5 Å². The van der Waals surface area contributed by atoms with E-state index in [1.165, 1.54) is 18.2 Å². The Bertz CT molecular complexity index is 830. The van der Waals surface area contributed by atoms with Crippen LogP contribution >= 0.6 is 12.2 Å². The summed E-state index contributed by atoms with van der Waals surface area (Å²) in [6.07, 6.45) is 1.71. The third kappa shape index (κ3) is 2.68. The Morgan fingerprint density at radius 3 is 2.76 bits per heavy atom. The van der Waals surface area contributed by atoms with Crippen LogP contribution in [0.2, 0.25) is 0 Å². The van der Waals surface area contributed by atoms with Gasteiger partial charge in [-0.3, -0.25) is 4.98 Å². The maximum Gasteiger partial charge on any atom is 0.137 e. The maximum absolute atomic E-state index is 13.3. The fraction of sp³-hybridized carbons (Fsp3) is 0. The molecule has 104 valence electrons. The molecule has 3 aromatic rings. The molecule has 0 aliphatic rings. The van der Waals surface area contributed by atoms with Crippen molar-refractivity contribution in [3.8, 4) is 11.5 Å². The second kappa shape index (κ2) is 5.46. The predicted molar refractivity (Wildman–Crippen MR) is 84.1 cm³/mol. The highest BCUT2D eigenvalue weighted by Gasteiger charge is 2.11. The van der Waals surface area contributed by atoms with Crippen molar-refractivity contribution >= 4 is 28.1 Å². The second-order valence-electron chi connectivity index (χ2n) is 4.43. The number of benzene rings is 2. The molecule has 21 heavy (non-hydrogen) atoms. The van der Waals surface area contributed by atoms with E-state index in [4.69, 9.17) is 22.7 Å². The topological polar surface area (TPSA) is 48.1 Å². The van der Waals surface area contributed by atoms with Crippen molar-refractivity contribution in [1.82, 2.24) is 4.98 Å². The molecule has 0 fully saturated rings. The molecule has 5 heteroatoms. The van der Waals surface area contributed by atoms with Gasteiger partial charge in [-0.25, -0.2) is 4.39 Å². The van der Waals surface area contributed by atoms with Crippen LogP contribution in [0.3, 0.4) is 0 Å². The zero-order chi connectivity index (χ0) is 14.8. The number of nitrogens with two attached hydrogens (primary N) is 1. The molecule has 0 bridgehead atoms. The first kappa shape index (κ1) is 13.5. The van der Waals surface area contributed by atoms with Crippen molar-refractivity contribution < 1.29 is 9.13 Å². The minimum atomic E-state index is -0.412. The Morgan fingerprint density at radius 2 is 1.95 bits per heavy atom. The Hall–Kier alpha value is -2.53. The summed E-state index contributed by atoms with van der Waals surface area (Å²) in [5.74, 6) is 0.620. The molecule has 0 aliphatic carbocycles. The van der Waals surface area contributed by atoms with Crippen LogP contribution in [0.1, 0.15) is 5.56 Å². The van der Waals surface area contributed by atoms with E-state index in [0.29, 0.717) is 17.1 Å². The standard InChI is InChI=1S/C16H11FN2OS/c17-10-6-7-15(12(9-10)16(18)21)20-14-5-1-4-13-11(14)3-2-8-19-13/h1-9H,(H2,18,21). The van der Waals surface area contributed by atoms with Crippen molar-refractivity contribution in [2.75, 3.05) is 0 Å². The van der Waals surface area contributed by atoms with Crippen LogP contribution in [0.15, 0.2) is 54.7 Å². The molecule has 3 rings (SSSR count). The van der Waals surface area contributed by atoms with Gasteiger partial charge in [-0.2, -0.15) is 0 Å². The molecule has 0 saturated heterocycles. The number of hydrogen-bond donors (Lipinski definition) is 1. The van der Waals surface area contributed by atoms with E-state index in [1.807, 2.05) is 30.3 Å². The summed E-state index contributed by atoms with van der Waals surface area (Å²) in [5.41, 5.74) is 6.80. The predicted octanol–water partition coefficient (Wildman–Crippen LogP) is 3.80. The van der Waals surface area contributed by atoms with Crippen LogP contribution in [0, 0.1) is 5.82 Å². The quantitative estimate of drug-likeness (QED) is 0.747. The molecule has 2 N–H and O–H groups in total. The zero-order valence-electron chi connectivity index (χ0n) is 10.9. The number of halogens is 1. The van der Waals surface area contributed by atoms with Crippen LogP contribution in [-0.2, 0) is 0 Å². The van der Waals surface area contributed by atoms with Crippen LogP contribution in [-0.4, -0.2) is 9.97 Å². The monoisotopic (exact) mass is 298 g/mol. The van der Waals surface area contributed by atoms with Gasteiger partial charge in [-0.05, 0) is 42.5 Å². The molecular formula is C16H11FN2OS. The summed E-state index contributed by atoms with van der Waals surface area (Å²) in [6, 6.07) is 13.4. The summed E-state index contributed by atoms with van der Waals surface area (Å²) >= 11 is 4.94. The van der Waals surface area contributed by atoms with Crippen molar-refractivity contribution in [3.05, 3.63) is 66.1 Å². The highest BCUT2D eigenvalue weighted by molar-refractivity contribution is 7.80. The lowest BCUT2D eigenvalue weighted by molar-refractivity contribution is 0.485. The molecule has 0 unspecified atom stereocenters. The van der Waals surface area contributed by atoms with E-state index >= 15 is 0 Å². The molecule has 0 amide bonds. The number of hydrogen-bond acceptors (Lipinski definition) is 3. The highest BCUT2D eigenvalue weighted by Crippen LogP contribution is 2.31. The molecule has 2 aromatic carbocycles. The van der Waals surface area contributed by atoms with Crippen LogP contribution in [0.5, 0.6) is 11.5 Å².